The molecule has 1 aromatic carbocycles. The molecule has 1 aromatic rings. The van der Waals surface area contributed by atoms with E-state index in [1.165, 1.54) is 0 Å². The Balaban J connectivity index is 3.61. The summed E-state index contributed by atoms with van der Waals surface area (Å²) >= 11 is 0. The van der Waals surface area contributed by atoms with Crippen LogP contribution in [0.25, 0.3) is 0 Å². The Hall–Kier alpha value is -1.89. The van der Waals surface area contributed by atoms with Gasteiger partial charge in [-0.3, -0.25) is 10.1 Å². The number of nitro groups is 1. The summed E-state index contributed by atoms with van der Waals surface area (Å²) in [4.78, 5) is 7.92. The zero-order valence-corrected chi connectivity index (χ0v) is 11.4. The smallest absolute Gasteiger partial charge is 0.433 e. The number of rotatable bonds is 5. The molecule has 14 heteroatoms. The van der Waals surface area contributed by atoms with E-state index >= 15 is 0 Å². The highest BCUT2D eigenvalue weighted by molar-refractivity contribution is 8.13. The molecule has 124 valence electrons. The minimum atomic E-state index is -5.39. The first-order valence-electron chi connectivity index (χ1n) is 4.79. The molecule has 0 N–H and O–H groups in total. The molecule has 0 heterocycles. The van der Waals surface area contributed by atoms with Crippen LogP contribution < -0.4 is 9.47 Å². The van der Waals surface area contributed by atoms with Crippen LogP contribution in [0.4, 0.5) is 27.6 Å². The van der Waals surface area contributed by atoms with Crippen molar-refractivity contribution in [2.45, 2.75) is 17.9 Å². The standard InChI is InChI=1S/C8H3ClF5NO6S/c9-22(18,19)6-1-3(15(16)17)4(21-8(12,13)14)2-5(6)20-7(10)11/h1-2,7H. The van der Waals surface area contributed by atoms with E-state index in [9.17, 15) is 40.5 Å². The topological polar surface area (TPSA) is 95.7 Å². The summed E-state index contributed by atoms with van der Waals surface area (Å²) in [5, 5.41) is 10.7. The number of halogens is 6. The molecule has 0 spiro atoms. The number of hydrogen-bond acceptors (Lipinski definition) is 6. The number of nitrogens with zero attached hydrogens (tertiary/aromatic N) is 1. The molecule has 0 saturated heterocycles. The van der Waals surface area contributed by atoms with Crippen molar-refractivity contribution in [3.63, 3.8) is 0 Å². The van der Waals surface area contributed by atoms with E-state index in [-0.39, 0.29) is 12.1 Å². The normalized spacial score (nSPS) is 12.3. The number of alkyl halides is 5. The van der Waals surface area contributed by atoms with E-state index in [1.54, 1.807) is 0 Å². The van der Waals surface area contributed by atoms with Gasteiger partial charge in [-0.05, 0) is 0 Å². The fraction of sp³-hybridized carbons (Fsp3) is 0.250. The van der Waals surface area contributed by atoms with Crippen LogP contribution in [-0.2, 0) is 9.05 Å². The van der Waals surface area contributed by atoms with Crippen LogP contribution in [0.5, 0.6) is 11.5 Å². The van der Waals surface area contributed by atoms with Crippen LogP contribution in [0.2, 0.25) is 0 Å². The highest BCUT2D eigenvalue weighted by Crippen LogP contribution is 2.40. The molecular formula is C8H3ClF5NO6S. The second-order valence-electron chi connectivity index (χ2n) is 3.39. The van der Waals surface area contributed by atoms with Gasteiger partial charge in [0.15, 0.2) is 0 Å². The van der Waals surface area contributed by atoms with Crippen molar-refractivity contribution in [2.75, 3.05) is 0 Å². The summed E-state index contributed by atoms with van der Waals surface area (Å²) in [7, 11) is 0.0480. The van der Waals surface area contributed by atoms with Gasteiger partial charge in [0, 0.05) is 22.8 Å². The summed E-state index contributed by atoms with van der Waals surface area (Å²) in [6.45, 7) is -3.63. The first-order chi connectivity index (χ1) is 9.81. The van der Waals surface area contributed by atoms with Gasteiger partial charge in [0.1, 0.15) is 10.6 Å². The van der Waals surface area contributed by atoms with E-state index in [2.05, 4.69) is 9.47 Å². The van der Waals surface area contributed by atoms with Crippen molar-refractivity contribution in [1.82, 2.24) is 0 Å². The van der Waals surface area contributed by atoms with Crippen molar-refractivity contribution in [1.29, 1.82) is 0 Å². The van der Waals surface area contributed by atoms with Crippen molar-refractivity contribution >= 4 is 25.4 Å². The first-order valence-corrected chi connectivity index (χ1v) is 7.10. The monoisotopic (exact) mass is 371 g/mol. The molecule has 0 aliphatic carbocycles. The van der Waals surface area contributed by atoms with Gasteiger partial charge >= 0.3 is 18.7 Å². The maximum Gasteiger partial charge on any atom is 0.573 e. The largest absolute Gasteiger partial charge is 0.573 e. The number of benzene rings is 1. The van der Waals surface area contributed by atoms with Crippen LogP contribution >= 0.6 is 10.7 Å². The third-order valence-electron chi connectivity index (χ3n) is 1.93. The summed E-state index contributed by atoms with van der Waals surface area (Å²) in [6, 6.07) is -0.00579. The lowest BCUT2D eigenvalue weighted by Gasteiger charge is -2.13. The third kappa shape index (κ3) is 4.84. The molecule has 0 bridgehead atoms. The Morgan fingerprint density at radius 1 is 1.23 bits per heavy atom. The Morgan fingerprint density at radius 2 is 1.77 bits per heavy atom. The van der Waals surface area contributed by atoms with E-state index < -0.39 is 49.0 Å². The van der Waals surface area contributed by atoms with Gasteiger partial charge in [-0.25, -0.2) is 8.42 Å². The number of nitro benzene ring substituents is 1. The van der Waals surface area contributed by atoms with Gasteiger partial charge in [0.25, 0.3) is 9.05 Å². The molecule has 22 heavy (non-hydrogen) atoms. The fourth-order valence-electron chi connectivity index (χ4n) is 1.26. The number of hydrogen-bond donors (Lipinski definition) is 0. The Bertz CT molecular complexity index is 691. The predicted molar refractivity (Wildman–Crippen MR) is 59.5 cm³/mol. The SMILES string of the molecule is O=[N+]([O-])c1cc(S(=O)(=O)Cl)c(OC(F)F)cc1OC(F)(F)F. The fourth-order valence-corrected chi connectivity index (χ4v) is 2.22. The van der Waals surface area contributed by atoms with Crippen molar-refractivity contribution in [3.8, 4) is 11.5 Å². The molecular weight excluding hydrogens is 369 g/mol. The first kappa shape index (κ1) is 18.2. The molecule has 0 saturated carbocycles. The second kappa shape index (κ2) is 6.08. The van der Waals surface area contributed by atoms with Gasteiger partial charge in [0.05, 0.1) is 4.92 Å². The summed E-state index contributed by atoms with van der Waals surface area (Å²) in [5.41, 5.74) is -1.46. The average Bonchev–Trinajstić information content (AvgIpc) is 2.23. The van der Waals surface area contributed by atoms with Gasteiger partial charge < -0.3 is 9.47 Å². The minimum Gasteiger partial charge on any atom is -0.433 e. The van der Waals surface area contributed by atoms with Gasteiger partial charge in [0.2, 0.25) is 5.75 Å². The lowest BCUT2D eigenvalue weighted by atomic mass is 10.3. The van der Waals surface area contributed by atoms with Gasteiger partial charge in [-0.1, -0.05) is 0 Å². The van der Waals surface area contributed by atoms with E-state index in [0.717, 1.165) is 0 Å². The molecule has 0 aliphatic rings. The van der Waals surface area contributed by atoms with Crippen molar-refractivity contribution < 1.29 is 44.8 Å². The second-order valence-corrected chi connectivity index (χ2v) is 5.92. The van der Waals surface area contributed by atoms with Crippen molar-refractivity contribution in [3.05, 3.63) is 22.2 Å². The van der Waals surface area contributed by atoms with E-state index in [1.807, 2.05) is 0 Å². The highest BCUT2D eigenvalue weighted by atomic mass is 35.7. The summed E-state index contributed by atoms with van der Waals surface area (Å²) in [5.74, 6) is -2.88. The molecule has 7 nitrogen and oxygen atoms in total. The maximum absolute atomic E-state index is 12.2. The van der Waals surface area contributed by atoms with E-state index in [4.69, 9.17) is 10.7 Å². The highest BCUT2D eigenvalue weighted by Gasteiger charge is 2.36. The van der Waals surface area contributed by atoms with Crippen LogP contribution in [0.1, 0.15) is 0 Å². The van der Waals surface area contributed by atoms with Crippen LogP contribution in [0, 0.1) is 10.1 Å². The molecule has 0 unspecified atom stereocenters. The molecule has 0 amide bonds. The summed E-state index contributed by atoms with van der Waals surface area (Å²) in [6.07, 6.45) is -5.39. The van der Waals surface area contributed by atoms with Gasteiger partial charge in [-0.15, -0.1) is 13.2 Å². The lowest BCUT2D eigenvalue weighted by Crippen LogP contribution is -2.18. The molecule has 0 fully saturated rings. The average molecular weight is 372 g/mol. The number of ether oxygens (including phenoxy) is 2. The minimum absolute atomic E-state index is 0.0150. The van der Waals surface area contributed by atoms with Crippen LogP contribution in [0.3, 0.4) is 0 Å². The zero-order valence-electron chi connectivity index (χ0n) is 9.80. The molecule has 1 rings (SSSR count). The van der Waals surface area contributed by atoms with Gasteiger partial charge in [-0.2, -0.15) is 8.78 Å². The lowest BCUT2D eigenvalue weighted by molar-refractivity contribution is -0.388. The van der Waals surface area contributed by atoms with Crippen LogP contribution in [-0.4, -0.2) is 26.3 Å². The zero-order chi connectivity index (χ0) is 17.3. The predicted octanol–water partition coefficient (Wildman–Crippen LogP) is 3.02. The maximum atomic E-state index is 12.2. The van der Waals surface area contributed by atoms with Crippen molar-refractivity contribution in [2.24, 2.45) is 0 Å². The third-order valence-corrected chi connectivity index (χ3v) is 3.27. The Morgan fingerprint density at radius 3 is 2.14 bits per heavy atom. The molecule has 0 aliphatic heterocycles. The Kier molecular flexibility index (Phi) is 5.02. The molecule has 0 atom stereocenters. The molecule has 0 aromatic heterocycles. The van der Waals surface area contributed by atoms with E-state index in [0.29, 0.717) is 0 Å². The molecule has 0 radical (unpaired) electrons. The summed E-state index contributed by atoms with van der Waals surface area (Å²) < 4.78 is 90.0. The Labute approximate surface area is 122 Å². The quantitative estimate of drug-likeness (QED) is 0.342. The van der Waals surface area contributed by atoms with Crippen LogP contribution in [0.15, 0.2) is 17.0 Å².